The van der Waals surface area contributed by atoms with E-state index in [0.29, 0.717) is 0 Å². The normalized spacial score (nSPS) is 14.7. The molecule has 22 heavy (non-hydrogen) atoms. The molecule has 0 unspecified atom stereocenters. The molecule has 0 bridgehead atoms. The SMILES string of the molecule is F[B-](F)(F)F.F[B-](F)(F)F.F[B-](F)(F)F.[CH-]1CCOCC1.[K+]. The maximum atomic E-state index is 9.75. The third kappa shape index (κ3) is 173. The molecule has 0 spiro atoms. The van der Waals surface area contributed by atoms with Crippen molar-refractivity contribution in [2.45, 2.75) is 12.8 Å². The molecule has 0 N–H and O–H groups in total. The van der Waals surface area contributed by atoms with Gasteiger partial charge in [0.05, 0.1) is 0 Å². The summed E-state index contributed by atoms with van der Waals surface area (Å²) in [7, 11) is -18.0. The molecule has 0 aliphatic carbocycles. The van der Waals surface area contributed by atoms with Crippen LogP contribution in [0.5, 0.6) is 0 Å². The molecule has 0 aromatic carbocycles. The van der Waals surface area contributed by atoms with Gasteiger partial charge in [0, 0.05) is 13.2 Å². The number of hydrogen-bond acceptors (Lipinski definition) is 1. The Morgan fingerprint density at radius 3 is 0.773 bits per heavy atom. The minimum Gasteiger partial charge on any atom is -0.418 e. The van der Waals surface area contributed by atoms with Crippen LogP contribution >= 0.6 is 0 Å². The van der Waals surface area contributed by atoms with Crippen LogP contribution in [0.3, 0.4) is 0 Å². The fraction of sp³-hybridized carbons (Fsp3) is 0.800. The van der Waals surface area contributed by atoms with E-state index in [1.807, 2.05) is 0 Å². The Labute approximate surface area is 161 Å². The van der Waals surface area contributed by atoms with E-state index in [2.05, 4.69) is 6.42 Å². The molecule has 0 amide bonds. The zero-order valence-electron chi connectivity index (χ0n) is 11.1. The van der Waals surface area contributed by atoms with Crippen LogP contribution in [0, 0.1) is 6.42 Å². The quantitative estimate of drug-likeness (QED) is 0.352. The van der Waals surface area contributed by atoms with Crippen LogP contribution in [0.15, 0.2) is 0 Å². The molecule has 0 aromatic rings. The average Bonchev–Trinajstić information content (AvgIpc) is 2.12. The van der Waals surface area contributed by atoms with Crippen molar-refractivity contribution in [1.82, 2.24) is 0 Å². The summed E-state index contributed by atoms with van der Waals surface area (Å²) in [6.07, 6.45) is 4.57. The van der Waals surface area contributed by atoms with Crippen LogP contribution in [-0.4, -0.2) is 35.0 Å². The first kappa shape index (κ1) is 30.8. The van der Waals surface area contributed by atoms with Crippen LogP contribution in [0.4, 0.5) is 51.8 Å². The molecule has 0 aromatic heterocycles. The van der Waals surface area contributed by atoms with Crippen LogP contribution < -0.4 is 51.4 Å². The first-order valence-corrected chi connectivity index (χ1v) is 5.01. The molecule has 1 heterocycles. The summed E-state index contributed by atoms with van der Waals surface area (Å²) in [6.45, 7) is 1.89. The summed E-state index contributed by atoms with van der Waals surface area (Å²) in [4.78, 5) is 0. The first-order valence-electron chi connectivity index (χ1n) is 5.01. The maximum absolute atomic E-state index is 9.75. The molecule has 0 saturated carbocycles. The monoisotopic (exact) mass is 385 g/mol. The van der Waals surface area contributed by atoms with Gasteiger partial charge in [-0.1, -0.05) is 0 Å². The number of ether oxygens (including phenoxy) is 1. The summed E-state index contributed by atoms with van der Waals surface area (Å²) < 4.78 is 122. The topological polar surface area (TPSA) is 9.23 Å². The van der Waals surface area contributed by atoms with Crippen molar-refractivity contribution in [3.05, 3.63) is 6.42 Å². The van der Waals surface area contributed by atoms with E-state index in [1.54, 1.807) is 0 Å². The molecular weight excluding hydrogens is 376 g/mol. The van der Waals surface area contributed by atoms with Crippen molar-refractivity contribution in [3.8, 4) is 0 Å². The Kier molecular flexibility index (Phi) is 21.7. The predicted molar refractivity (Wildman–Crippen MR) is 54.9 cm³/mol. The van der Waals surface area contributed by atoms with Crippen molar-refractivity contribution >= 4 is 21.8 Å². The number of halogens is 12. The molecule has 0 atom stereocenters. The van der Waals surface area contributed by atoms with Gasteiger partial charge in [0.25, 0.3) is 0 Å². The molecule has 132 valence electrons. The predicted octanol–water partition coefficient (Wildman–Crippen LogP) is 1.91. The van der Waals surface area contributed by atoms with E-state index in [1.165, 1.54) is 0 Å². The molecule has 1 rings (SSSR count). The zero-order valence-corrected chi connectivity index (χ0v) is 14.2. The van der Waals surface area contributed by atoms with E-state index >= 15 is 0 Å². The van der Waals surface area contributed by atoms with Gasteiger partial charge >= 0.3 is 73.1 Å². The molecule has 0 radical (unpaired) electrons. The Hall–Kier alpha value is 0.951. The Bertz CT molecular complexity index is 168. The average molecular weight is 385 g/mol. The summed E-state index contributed by atoms with van der Waals surface area (Å²) in [6, 6.07) is 0. The van der Waals surface area contributed by atoms with Crippen LogP contribution in [0.1, 0.15) is 12.8 Å². The van der Waals surface area contributed by atoms with Crippen molar-refractivity contribution in [2.24, 2.45) is 0 Å². The summed E-state index contributed by atoms with van der Waals surface area (Å²) >= 11 is 0. The van der Waals surface area contributed by atoms with Gasteiger partial charge in [0.2, 0.25) is 0 Å². The van der Waals surface area contributed by atoms with E-state index in [9.17, 15) is 51.8 Å². The molecule has 1 nitrogen and oxygen atoms in total. The maximum Gasteiger partial charge on any atom is 1.00 e. The Balaban J connectivity index is -0.0000000973. The third-order valence-corrected chi connectivity index (χ3v) is 0.933. The van der Waals surface area contributed by atoms with Crippen molar-refractivity contribution in [3.63, 3.8) is 0 Å². The number of rotatable bonds is 0. The van der Waals surface area contributed by atoms with Gasteiger partial charge < -0.3 is 62.9 Å². The molecule has 1 saturated heterocycles. The van der Waals surface area contributed by atoms with Gasteiger partial charge in [-0.25, -0.2) is 0 Å². The van der Waals surface area contributed by atoms with Crippen LogP contribution in [0.2, 0.25) is 0 Å². The second kappa shape index (κ2) is 15.5. The molecule has 1 fully saturated rings. The zero-order chi connectivity index (χ0) is 17.7. The first-order chi connectivity index (χ1) is 9.00. The Morgan fingerprint density at radius 1 is 0.545 bits per heavy atom. The Morgan fingerprint density at radius 2 is 0.727 bits per heavy atom. The van der Waals surface area contributed by atoms with Crippen LogP contribution in [0.25, 0.3) is 0 Å². The van der Waals surface area contributed by atoms with E-state index < -0.39 is 21.8 Å². The van der Waals surface area contributed by atoms with Gasteiger partial charge in [-0.05, 0) is 0 Å². The smallest absolute Gasteiger partial charge is 0.418 e. The molecular formula is C5H9B3F12KO-3. The van der Waals surface area contributed by atoms with Gasteiger partial charge in [0.15, 0.2) is 0 Å². The fourth-order valence-corrected chi connectivity index (χ4v) is 0.580. The molecule has 17 heteroatoms. The minimum absolute atomic E-state index is 0. The second-order valence-corrected chi connectivity index (χ2v) is 2.96. The third-order valence-electron chi connectivity index (χ3n) is 0.933. The van der Waals surface area contributed by atoms with E-state index in [-0.39, 0.29) is 51.4 Å². The van der Waals surface area contributed by atoms with Gasteiger partial charge in [-0.15, -0.1) is 0 Å². The van der Waals surface area contributed by atoms with E-state index in [4.69, 9.17) is 4.74 Å². The van der Waals surface area contributed by atoms with E-state index in [0.717, 1.165) is 26.1 Å². The molecule has 1 aliphatic rings. The van der Waals surface area contributed by atoms with Crippen LogP contribution in [-0.2, 0) is 4.74 Å². The fourth-order valence-electron chi connectivity index (χ4n) is 0.580. The summed E-state index contributed by atoms with van der Waals surface area (Å²) in [5, 5.41) is 0. The number of hydrogen-bond donors (Lipinski definition) is 0. The van der Waals surface area contributed by atoms with Crippen molar-refractivity contribution in [1.29, 1.82) is 0 Å². The van der Waals surface area contributed by atoms with Gasteiger partial charge in [-0.3, -0.25) is 0 Å². The minimum atomic E-state index is -6.00. The summed E-state index contributed by atoms with van der Waals surface area (Å²) in [5.74, 6) is 0. The molecule has 1 aliphatic heterocycles. The second-order valence-electron chi connectivity index (χ2n) is 2.96. The van der Waals surface area contributed by atoms with Gasteiger partial charge in [-0.2, -0.15) is 12.8 Å². The van der Waals surface area contributed by atoms with Gasteiger partial charge in [0.1, 0.15) is 0 Å². The summed E-state index contributed by atoms with van der Waals surface area (Å²) in [5.41, 5.74) is 0. The van der Waals surface area contributed by atoms with Crippen molar-refractivity contribution < 1.29 is 108 Å². The largest absolute Gasteiger partial charge is 1.00 e. The standard InChI is InChI=1S/C5H9O.3BF4.K/c1-2-4-6-5-3-1;3*2-1(3,4)5;/h1H,2-5H2;;;;/q4*-1;+1. The van der Waals surface area contributed by atoms with Crippen molar-refractivity contribution in [2.75, 3.05) is 13.2 Å².